The first kappa shape index (κ1) is 15.2. The van der Waals surface area contributed by atoms with Crippen LogP contribution in [0.5, 0.6) is 11.5 Å². The number of rotatable bonds is 6. The quantitative estimate of drug-likeness (QED) is 0.567. The zero-order valence-electron chi connectivity index (χ0n) is 10.8. The molecular weight excluding hydrogens is 386 g/mol. The van der Waals surface area contributed by atoms with Crippen LogP contribution in [0.4, 0.5) is 5.69 Å². The normalized spacial score (nSPS) is 10.3. The van der Waals surface area contributed by atoms with E-state index < -0.39 is 0 Å². The number of halogens is 2. The Labute approximate surface area is 135 Å². The third-order valence-corrected chi connectivity index (χ3v) is 3.73. The number of hydrogen-bond donors (Lipinski definition) is 1. The number of nitrogen functional groups attached to an aromatic ring is 1. The van der Waals surface area contributed by atoms with Crippen molar-refractivity contribution < 1.29 is 9.47 Å². The smallest absolute Gasteiger partial charge is 0.142 e. The monoisotopic (exact) mass is 399 g/mol. The van der Waals surface area contributed by atoms with Crippen LogP contribution in [-0.4, -0.2) is 13.2 Å². The molecular formula is C15H15Br2NO2. The van der Waals surface area contributed by atoms with E-state index in [1.807, 2.05) is 42.5 Å². The largest absolute Gasteiger partial charge is 0.492 e. The van der Waals surface area contributed by atoms with Crippen molar-refractivity contribution in [3.63, 3.8) is 0 Å². The highest BCUT2D eigenvalue weighted by molar-refractivity contribution is 9.11. The molecule has 0 aromatic heterocycles. The molecule has 2 rings (SSSR count). The fourth-order valence-corrected chi connectivity index (χ4v) is 2.79. The molecule has 0 atom stereocenters. The van der Waals surface area contributed by atoms with Crippen LogP contribution < -0.4 is 15.2 Å². The number of nitrogens with two attached hydrogens (primary N) is 1. The Hall–Kier alpha value is -1.20. The van der Waals surface area contributed by atoms with Crippen molar-refractivity contribution in [3.05, 3.63) is 51.4 Å². The zero-order valence-corrected chi connectivity index (χ0v) is 14.0. The lowest BCUT2D eigenvalue weighted by Gasteiger charge is -2.10. The van der Waals surface area contributed by atoms with Gasteiger partial charge in [0.1, 0.15) is 11.5 Å². The minimum absolute atomic E-state index is 0.572. The number of ether oxygens (including phenoxy) is 2. The van der Waals surface area contributed by atoms with Gasteiger partial charge in [-0.3, -0.25) is 0 Å². The molecule has 0 amide bonds. The summed E-state index contributed by atoms with van der Waals surface area (Å²) in [4.78, 5) is 0. The predicted octanol–water partition coefficient (Wildman–Crippen LogP) is 4.64. The Bertz CT molecular complexity index is 576. The van der Waals surface area contributed by atoms with Gasteiger partial charge in [-0.2, -0.15) is 0 Å². The molecule has 20 heavy (non-hydrogen) atoms. The lowest BCUT2D eigenvalue weighted by atomic mass is 10.3. The van der Waals surface area contributed by atoms with Gasteiger partial charge in [-0.15, -0.1) is 0 Å². The summed E-state index contributed by atoms with van der Waals surface area (Å²) in [6.45, 7) is 1.16. The van der Waals surface area contributed by atoms with E-state index in [9.17, 15) is 0 Å². The minimum Gasteiger partial charge on any atom is -0.492 e. The standard InChI is InChI=1S/C15H15Br2NO2/c16-11-6-7-14(12(17)10-11)19-8-3-9-20-15-5-2-1-4-13(15)18/h1-2,4-7,10H,3,8-9,18H2. The average Bonchev–Trinajstić information content (AvgIpc) is 2.42. The average molecular weight is 401 g/mol. The van der Waals surface area contributed by atoms with E-state index >= 15 is 0 Å². The van der Waals surface area contributed by atoms with Crippen molar-refractivity contribution >= 4 is 37.5 Å². The van der Waals surface area contributed by atoms with E-state index in [1.54, 1.807) is 0 Å². The van der Waals surface area contributed by atoms with Gasteiger partial charge in [0.25, 0.3) is 0 Å². The fourth-order valence-electron chi connectivity index (χ4n) is 1.63. The summed E-state index contributed by atoms with van der Waals surface area (Å²) in [5, 5.41) is 0. The molecule has 0 bridgehead atoms. The van der Waals surface area contributed by atoms with Crippen LogP contribution in [0, 0.1) is 0 Å². The molecule has 0 unspecified atom stereocenters. The van der Waals surface area contributed by atoms with Gasteiger partial charge in [0, 0.05) is 10.9 Å². The number of hydrogen-bond acceptors (Lipinski definition) is 3. The van der Waals surface area contributed by atoms with Crippen molar-refractivity contribution in [3.8, 4) is 11.5 Å². The Balaban J connectivity index is 1.73. The second kappa shape index (κ2) is 7.55. The summed E-state index contributed by atoms with van der Waals surface area (Å²) >= 11 is 6.86. The topological polar surface area (TPSA) is 44.5 Å². The summed E-state index contributed by atoms with van der Waals surface area (Å²) < 4.78 is 13.2. The summed E-state index contributed by atoms with van der Waals surface area (Å²) in [5.41, 5.74) is 6.45. The molecule has 2 aromatic carbocycles. The first-order valence-electron chi connectivity index (χ1n) is 6.22. The second-order valence-electron chi connectivity index (χ2n) is 4.16. The predicted molar refractivity (Wildman–Crippen MR) is 88.3 cm³/mol. The molecule has 5 heteroatoms. The van der Waals surface area contributed by atoms with Crippen molar-refractivity contribution in [2.45, 2.75) is 6.42 Å². The maximum absolute atomic E-state index is 5.79. The summed E-state index contributed by atoms with van der Waals surface area (Å²) in [7, 11) is 0. The van der Waals surface area contributed by atoms with Gasteiger partial charge < -0.3 is 15.2 Å². The number of para-hydroxylation sites is 2. The van der Waals surface area contributed by atoms with Crippen molar-refractivity contribution in [2.24, 2.45) is 0 Å². The van der Waals surface area contributed by atoms with Crippen LogP contribution in [0.3, 0.4) is 0 Å². The molecule has 2 aromatic rings. The van der Waals surface area contributed by atoms with Crippen molar-refractivity contribution in [1.82, 2.24) is 0 Å². The van der Waals surface area contributed by atoms with Gasteiger partial charge in [-0.05, 0) is 46.3 Å². The Kier molecular flexibility index (Phi) is 5.73. The minimum atomic E-state index is 0.572. The fraction of sp³-hybridized carbons (Fsp3) is 0.200. The van der Waals surface area contributed by atoms with E-state index in [-0.39, 0.29) is 0 Å². The SMILES string of the molecule is Nc1ccccc1OCCCOc1ccc(Br)cc1Br. The van der Waals surface area contributed by atoms with Gasteiger partial charge in [0.05, 0.1) is 23.4 Å². The van der Waals surface area contributed by atoms with Gasteiger partial charge in [-0.25, -0.2) is 0 Å². The number of anilines is 1. The summed E-state index contributed by atoms with van der Waals surface area (Å²) in [5.74, 6) is 1.55. The Morgan fingerprint density at radius 3 is 2.30 bits per heavy atom. The van der Waals surface area contributed by atoms with E-state index in [0.717, 1.165) is 26.9 Å². The summed E-state index contributed by atoms with van der Waals surface area (Å²) in [6, 6.07) is 13.3. The van der Waals surface area contributed by atoms with Crippen LogP contribution in [0.1, 0.15) is 6.42 Å². The van der Waals surface area contributed by atoms with E-state index in [2.05, 4.69) is 31.9 Å². The van der Waals surface area contributed by atoms with Crippen LogP contribution in [0.15, 0.2) is 51.4 Å². The molecule has 0 fully saturated rings. The van der Waals surface area contributed by atoms with Crippen LogP contribution in [-0.2, 0) is 0 Å². The third kappa shape index (κ3) is 4.42. The van der Waals surface area contributed by atoms with Crippen LogP contribution in [0.25, 0.3) is 0 Å². The number of benzene rings is 2. The van der Waals surface area contributed by atoms with E-state index in [0.29, 0.717) is 18.9 Å². The first-order valence-corrected chi connectivity index (χ1v) is 7.80. The lowest BCUT2D eigenvalue weighted by molar-refractivity contribution is 0.247. The zero-order chi connectivity index (χ0) is 14.4. The molecule has 3 nitrogen and oxygen atoms in total. The maximum Gasteiger partial charge on any atom is 0.142 e. The molecule has 2 N–H and O–H groups in total. The summed E-state index contributed by atoms with van der Waals surface area (Å²) in [6.07, 6.45) is 0.789. The van der Waals surface area contributed by atoms with Crippen LogP contribution >= 0.6 is 31.9 Å². The van der Waals surface area contributed by atoms with Gasteiger partial charge in [-0.1, -0.05) is 28.1 Å². The molecule has 0 saturated heterocycles. The molecule has 0 radical (unpaired) electrons. The lowest BCUT2D eigenvalue weighted by Crippen LogP contribution is -2.06. The molecule has 0 aliphatic rings. The van der Waals surface area contributed by atoms with Crippen LogP contribution in [0.2, 0.25) is 0 Å². The van der Waals surface area contributed by atoms with E-state index in [4.69, 9.17) is 15.2 Å². The Morgan fingerprint density at radius 2 is 1.60 bits per heavy atom. The molecule has 0 heterocycles. The molecule has 0 saturated carbocycles. The molecule has 0 spiro atoms. The highest BCUT2D eigenvalue weighted by Gasteiger charge is 2.02. The van der Waals surface area contributed by atoms with E-state index in [1.165, 1.54) is 0 Å². The molecule has 106 valence electrons. The highest BCUT2D eigenvalue weighted by atomic mass is 79.9. The van der Waals surface area contributed by atoms with Gasteiger partial charge in [0.2, 0.25) is 0 Å². The third-order valence-electron chi connectivity index (χ3n) is 2.62. The highest BCUT2D eigenvalue weighted by Crippen LogP contribution is 2.28. The molecule has 0 aliphatic carbocycles. The maximum atomic E-state index is 5.79. The molecule has 0 aliphatic heterocycles. The van der Waals surface area contributed by atoms with Crippen molar-refractivity contribution in [2.75, 3.05) is 18.9 Å². The first-order chi connectivity index (χ1) is 9.66. The van der Waals surface area contributed by atoms with Gasteiger partial charge >= 0.3 is 0 Å². The Morgan fingerprint density at radius 1 is 0.900 bits per heavy atom. The van der Waals surface area contributed by atoms with Crippen molar-refractivity contribution in [1.29, 1.82) is 0 Å². The second-order valence-corrected chi connectivity index (χ2v) is 5.93. The van der Waals surface area contributed by atoms with Gasteiger partial charge in [0.15, 0.2) is 0 Å².